The molecule has 3 aliphatic heterocycles. The molecule has 5 heterocycles. The standard InChI is InChI=1S/C26H28F2N8O6/c1-40-26(39)31-11-16-13-36(23-24(41-16)42-23)15-9-17(27)21(18(28)10-15)34-7-5-33(6-8-34)20(37)12-30-22(38)19-14-35-4-2-3-29-25(35)32-19/h2-4,9-10,14,16,23-24H,5-8,11-13H2,1H3,(H,30,38)(H,31,39)/t16-,23?,24?/m0/s1. The first kappa shape index (κ1) is 27.6. The van der Waals surface area contributed by atoms with E-state index in [9.17, 15) is 14.4 Å². The van der Waals surface area contributed by atoms with Crippen molar-refractivity contribution in [3.05, 3.63) is 54.1 Å². The third-order valence-electron chi connectivity index (χ3n) is 7.27. The lowest BCUT2D eigenvalue weighted by atomic mass is 10.1. The van der Waals surface area contributed by atoms with Gasteiger partial charge in [0, 0.05) is 63.5 Å². The lowest BCUT2D eigenvalue weighted by Gasteiger charge is -2.37. The van der Waals surface area contributed by atoms with Gasteiger partial charge in [0.2, 0.25) is 18.0 Å². The summed E-state index contributed by atoms with van der Waals surface area (Å²) in [7, 11) is 1.25. The summed E-state index contributed by atoms with van der Waals surface area (Å²) in [6.07, 6.45) is 2.68. The van der Waals surface area contributed by atoms with Gasteiger partial charge in [0.05, 0.1) is 19.8 Å². The summed E-state index contributed by atoms with van der Waals surface area (Å²) in [6, 6.07) is 4.20. The van der Waals surface area contributed by atoms with Crippen molar-refractivity contribution in [2.45, 2.75) is 18.6 Å². The Morgan fingerprint density at radius 3 is 2.57 bits per heavy atom. The van der Waals surface area contributed by atoms with Crippen molar-refractivity contribution in [2.75, 3.05) is 62.7 Å². The molecule has 0 saturated carbocycles. The van der Waals surface area contributed by atoms with Crippen LogP contribution in [-0.2, 0) is 19.0 Å². The van der Waals surface area contributed by atoms with Crippen LogP contribution in [0.3, 0.4) is 0 Å². The Balaban J connectivity index is 1.03. The maximum Gasteiger partial charge on any atom is 0.406 e. The van der Waals surface area contributed by atoms with Crippen molar-refractivity contribution in [3.8, 4) is 0 Å². The zero-order chi connectivity index (χ0) is 29.4. The van der Waals surface area contributed by atoms with E-state index in [4.69, 9.17) is 9.47 Å². The Morgan fingerprint density at radius 1 is 1.10 bits per heavy atom. The number of alkyl carbamates (subject to hydrolysis) is 1. The number of ether oxygens (including phenoxy) is 3. The number of benzene rings is 1. The number of piperazine rings is 1. The number of fused-ring (bicyclic) bond motifs is 2. The first-order valence-electron chi connectivity index (χ1n) is 13.3. The highest BCUT2D eigenvalue weighted by Crippen LogP contribution is 2.38. The lowest BCUT2D eigenvalue weighted by molar-refractivity contribution is -0.130. The Bertz CT molecular complexity index is 1460. The van der Waals surface area contributed by atoms with Crippen LogP contribution < -0.4 is 20.4 Å². The van der Waals surface area contributed by atoms with E-state index in [1.165, 1.54) is 30.3 Å². The molecule has 3 fully saturated rings. The second kappa shape index (κ2) is 11.4. The first-order valence-corrected chi connectivity index (χ1v) is 13.3. The minimum Gasteiger partial charge on any atom is -0.453 e. The number of morpholine rings is 1. The predicted molar refractivity (Wildman–Crippen MR) is 142 cm³/mol. The van der Waals surface area contributed by atoms with E-state index in [1.807, 2.05) is 0 Å². The smallest absolute Gasteiger partial charge is 0.406 e. The highest BCUT2D eigenvalue weighted by atomic mass is 19.1. The predicted octanol–water partition coefficient (Wildman–Crippen LogP) is 0.330. The van der Waals surface area contributed by atoms with E-state index in [-0.39, 0.29) is 63.1 Å². The fraction of sp³-hybridized carbons (Fsp3) is 0.423. The van der Waals surface area contributed by atoms with Gasteiger partial charge in [0.25, 0.3) is 5.91 Å². The van der Waals surface area contributed by atoms with Crippen LogP contribution >= 0.6 is 0 Å². The minimum absolute atomic E-state index is 0.134. The van der Waals surface area contributed by atoms with E-state index >= 15 is 8.78 Å². The number of carbonyl (C=O) groups excluding carboxylic acids is 3. The van der Waals surface area contributed by atoms with E-state index in [2.05, 4.69) is 25.3 Å². The van der Waals surface area contributed by atoms with Gasteiger partial charge in [-0.1, -0.05) is 0 Å². The van der Waals surface area contributed by atoms with Gasteiger partial charge >= 0.3 is 6.09 Å². The molecule has 6 rings (SSSR count). The average Bonchev–Trinajstić information content (AvgIpc) is 3.65. The molecule has 2 unspecified atom stereocenters. The van der Waals surface area contributed by atoms with Crippen LogP contribution in [0.5, 0.6) is 0 Å². The highest BCUT2D eigenvalue weighted by Gasteiger charge is 2.51. The molecule has 2 N–H and O–H groups in total. The number of hydrogen-bond donors (Lipinski definition) is 2. The quantitative estimate of drug-likeness (QED) is 0.372. The normalized spacial score (nSPS) is 21.6. The van der Waals surface area contributed by atoms with Gasteiger partial charge in [-0.05, 0) is 18.2 Å². The van der Waals surface area contributed by atoms with Crippen molar-refractivity contribution >= 4 is 35.1 Å². The Labute approximate surface area is 238 Å². The van der Waals surface area contributed by atoms with Gasteiger partial charge in [-0.25, -0.2) is 23.5 Å². The molecule has 3 saturated heterocycles. The molecule has 14 nitrogen and oxygen atoms in total. The molecule has 3 atom stereocenters. The van der Waals surface area contributed by atoms with Crippen LogP contribution in [-0.4, -0.2) is 109 Å². The SMILES string of the molecule is COC(=O)NC[C@H]1CN(c2cc(F)c(N3CCN(C(=O)CNC(=O)c4cn5cccnc5n4)CC3)c(F)c2)C2OC2O1. The molecule has 16 heteroatoms. The summed E-state index contributed by atoms with van der Waals surface area (Å²) in [5.41, 5.74) is 0.249. The third-order valence-corrected chi connectivity index (χ3v) is 7.27. The largest absolute Gasteiger partial charge is 0.453 e. The number of carbonyl (C=O) groups is 3. The Morgan fingerprint density at radius 2 is 1.86 bits per heavy atom. The fourth-order valence-electron chi connectivity index (χ4n) is 5.10. The molecule has 0 spiro atoms. The van der Waals surface area contributed by atoms with Crippen molar-refractivity contribution in [1.29, 1.82) is 0 Å². The second-order valence-electron chi connectivity index (χ2n) is 9.94. The van der Waals surface area contributed by atoms with Gasteiger partial charge in [0.15, 0.2) is 17.9 Å². The van der Waals surface area contributed by atoms with Crippen molar-refractivity contribution in [1.82, 2.24) is 29.9 Å². The number of nitrogens with one attached hydrogen (secondary N) is 2. The monoisotopic (exact) mass is 586 g/mol. The summed E-state index contributed by atoms with van der Waals surface area (Å²) in [4.78, 5) is 49.5. The van der Waals surface area contributed by atoms with Crippen molar-refractivity contribution in [2.24, 2.45) is 0 Å². The van der Waals surface area contributed by atoms with Gasteiger partial charge in [-0.2, -0.15) is 0 Å². The summed E-state index contributed by atoms with van der Waals surface area (Å²) in [5.74, 6) is -1.95. The van der Waals surface area contributed by atoms with Crippen LogP contribution in [0.15, 0.2) is 36.8 Å². The summed E-state index contributed by atoms with van der Waals surface area (Å²) in [6.45, 7) is 1.01. The maximum atomic E-state index is 15.3. The van der Waals surface area contributed by atoms with Gasteiger partial charge in [-0.3, -0.25) is 14.0 Å². The van der Waals surface area contributed by atoms with Crippen LogP contribution in [0.25, 0.3) is 5.78 Å². The van der Waals surface area contributed by atoms with E-state index < -0.39 is 42.3 Å². The van der Waals surface area contributed by atoms with Crippen molar-refractivity contribution < 1.29 is 37.4 Å². The summed E-state index contributed by atoms with van der Waals surface area (Å²) < 4.78 is 47.9. The topological polar surface area (TPSA) is 146 Å². The number of nitrogens with zero attached hydrogens (tertiary/aromatic N) is 6. The summed E-state index contributed by atoms with van der Waals surface area (Å²) >= 11 is 0. The van der Waals surface area contributed by atoms with Gasteiger partial charge in [0.1, 0.15) is 11.4 Å². The number of anilines is 2. The molecule has 3 aliphatic rings. The maximum absolute atomic E-state index is 15.3. The van der Waals surface area contributed by atoms with E-state index in [1.54, 1.807) is 32.7 Å². The lowest BCUT2D eigenvalue weighted by Crippen LogP contribution is -2.51. The fourth-order valence-corrected chi connectivity index (χ4v) is 5.10. The molecule has 1 aromatic carbocycles. The number of epoxide rings is 1. The van der Waals surface area contributed by atoms with Crippen LogP contribution in [0.1, 0.15) is 10.5 Å². The number of methoxy groups -OCH3 is 1. The van der Waals surface area contributed by atoms with E-state index in [0.29, 0.717) is 11.5 Å². The molecule has 3 aromatic rings. The number of rotatable bonds is 7. The molecule has 0 aliphatic carbocycles. The second-order valence-corrected chi connectivity index (χ2v) is 9.94. The number of imidazole rings is 1. The average molecular weight is 587 g/mol. The molecule has 0 bridgehead atoms. The Kier molecular flexibility index (Phi) is 7.47. The van der Waals surface area contributed by atoms with E-state index in [0.717, 1.165) is 0 Å². The number of amides is 3. The third kappa shape index (κ3) is 5.62. The molecule has 222 valence electrons. The highest BCUT2D eigenvalue weighted by molar-refractivity contribution is 5.95. The molecule has 42 heavy (non-hydrogen) atoms. The van der Waals surface area contributed by atoms with Crippen molar-refractivity contribution in [3.63, 3.8) is 0 Å². The molecule has 3 amide bonds. The van der Waals surface area contributed by atoms with Gasteiger partial charge in [-0.15, -0.1) is 0 Å². The van der Waals surface area contributed by atoms with Crippen LogP contribution in [0.2, 0.25) is 0 Å². The zero-order valence-corrected chi connectivity index (χ0v) is 22.5. The Hall–Kier alpha value is -4.57. The molecule has 0 radical (unpaired) electrons. The number of halogens is 2. The molecule has 2 aromatic heterocycles. The molecular formula is C26H28F2N8O6. The first-order chi connectivity index (χ1) is 20.3. The van der Waals surface area contributed by atoms with Crippen LogP contribution in [0.4, 0.5) is 25.0 Å². The number of aromatic nitrogens is 3. The number of hydrogen-bond acceptors (Lipinski definition) is 10. The zero-order valence-electron chi connectivity index (χ0n) is 22.5. The van der Waals surface area contributed by atoms with Crippen LogP contribution in [0, 0.1) is 11.6 Å². The molecular weight excluding hydrogens is 558 g/mol. The minimum atomic E-state index is -0.744. The van der Waals surface area contributed by atoms with Gasteiger partial charge < -0.3 is 39.5 Å². The summed E-state index contributed by atoms with van der Waals surface area (Å²) in [5, 5.41) is 5.11.